The van der Waals surface area contributed by atoms with Gasteiger partial charge in [-0.2, -0.15) is 5.26 Å². The minimum atomic E-state index is -0.762. The highest BCUT2D eigenvalue weighted by atomic mass is 16.4. The summed E-state index contributed by atoms with van der Waals surface area (Å²) in [5.41, 5.74) is 1.94. The molecule has 1 aliphatic rings. The maximum atomic E-state index is 11.1. The predicted molar refractivity (Wildman–Crippen MR) is 77.2 cm³/mol. The smallest absolute Gasteiger partial charge is 0.310 e. The second-order valence-electron chi connectivity index (χ2n) is 5.45. The molecule has 0 heterocycles. The van der Waals surface area contributed by atoms with Crippen LogP contribution in [0.2, 0.25) is 0 Å². The van der Waals surface area contributed by atoms with Gasteiger partial charge in [-0.15, -0.1) is 6.58 Å². The van der Waals surface area contributed by atoms with Crippen molar-refractivity contribution in [2.45, 2.75) is 31.6 Å². The zero-order valence-corrected chi connectivity index (χ0v) is 11.5. The molecule has 0 bridgehead atoms. The highest BCUT2D eigenvalue weighted by Crippen LogP contribution is 2.39. The maximum Gasteiger partial charge on any atom is 0.310 e. The molecule has 0 saturated heterocycles. The summed E-state index contributed by atoms with van der Waals surface area (Å²) in [5.74, 6) is -0.489. The summed E-state index contributed by atoms with van der Waals surface area (Å²) in [6.45, 7) is 3.64. The molecule has 0 radical (unpaired) electrons. The Labute approximate surface area is 119 Å². The molecular formula is C17H19NO2. The lowest BCUT2D eigenvalue weighted by molar-refractivity contribution is -0.142. The fourth-order valence-electron chi connectivity index (χ4n) is 3.14. The van der Waals surface area contributed by atoms with Crippen molar-refractivity contribution in [2.75, 3.05) is 0 Å². The summed E-state index contributed by atoms with van der Waals surface area (Å²) in [7, 11) is 0. The lowest BCUT2D eigenvalue weighted by Gasteiger charge is -2.31. The Kier molecular flexibility index (Phi) is 4.57. The van der Waals surface area contributed by atoms with Gasteiger partial charge in [0.15, 0.2) is 0 Å². The van der Waals surface area contributed by atoms with Crippen molar-refractivity contribution in [2.24, 2.45) is 11.8 Å². The summed E-state index contributed by atoms with van der Waals surface area (Å²) in [4.78, 5) is 11.1. The second kappa shape index (κ2) is 6.38. The molecule has 104 valence electrons. The summed E-state index contributed by atoms with van der Waals surface area (Å²) in [5, 5.41) is 18.0. The van der Waals surface area contributed by atoms with Crippen LogP contribution in [-0.2, 0) is 4.79 Å². The van der Waals surface area contributed by atoms with Gasteiger partial charge in [-0.25, -0.2) is 0 Å². The van der Waals surface area contributed by atoms with E-state index in [-0.39, 0.29) is 5.92 Å². The number of nitrogens with zero attached hydrogens (tertiary/aromatic N) is 1. The molecule has 2 rings (SSSR count). The van der Waals surface area contributed by atoms with E-state index < -0.39 is 11.9 Å². The van der Waals surface area contributed by atoms with Crippen LogP contribution in [0.3, 0.4) is 0 Å². The fourth-order valence-corrected chi connectivity index (χ4v) is 3.14. The molecule has 3 heteroatoms. The Hall–Kier alpha value is -2.08. The average Bonchev–Trinajstić information content (AvgIpc) is 2.48. The lowest BCUT2D eigenvalue weighted by Crippen LogP contribution is -2.25. The maximum absolute atomic E-state index is 11.1. The SMILES string of the molecule is C=CC(C(=O)O)C1CCC(c2ccc(C#N)cc2)CC1. The molecule has 20 heavy (non-hydrogen) atoms. The van der Waals surface area contributed by atoms with Crippen molar-refractivity contribution in [3.8, 4) is 6.07 Å². The summed E-state index contributed by atoms with van der Waals surface area (Å²) < 4.78 is 0. The second-order valence-corrected chi connectivity index (χ2v) is 5.45. The van der Waals surface area contributed by atoms with E-state index in [0.717, 1.165) is 25.7 Å². The van der Waals surface area contributed by atoms with Gasteiger partial charge in [0, 0.05) is 0 Å². The summed E-state index contributed by atoms with van der Waals surface area (Å²) in [6, 6.07) is 9.87. The highest BCUT2D eigenvalue weighted by molar-refractivity contribution is 5.72. The van der Waals surface area contributed by atoms with Crippen molar-refractivity contribution >= 4 is 5.97 Å². The van der Waals surface area contributed by atoms with E-state index in [0.29, 0.717) is 11.5 Å². The van der Waals surface area contributed by atoms with Gasteiger partial charge in [0.2, 0.25) is 0 Å². The van der Waals surface area contributed by atoms with Gasteiger partial charge >= 0.3 is 5.97 Å². The third kappa shape index (κ3) is 3.08. The first-order valence-electron chi connectivity index (χ1n) is 7.01. The number of rotatable bonds is 4. The monoisotopic (exact) mass is 269 g/mol. The van der Waals surface area contributed by atoms with Gasteiger partial charge in [-0.3, -0.25) is 4.79 Å². The minimum Gasteiger partial charge on any atom is -0.481 e. The Morgan fingerprint density at radius 2 is 1.90 bits per heavy atom. The molecule has 1 saturated carbocycles. The molecule has 1 aromatic carbocycles. The standard InChI is InChI=1S/C17H19NO2/c1-2-16(17(19)20)15-9-7-14(8-10-15)13-5-3-12(11-18)4-6-13/h2-6,14-16H,1,7-10H2,(H,19,20). The molecule has 0 amide bonds. The van der Waals surface area contributed by atoms with Crippen LogP contribution in [0.1, 0.15) is 42.7 Å². The Morgan fingerprint density at radius 3 is 2.35 bits per heavy atom. The van der Waals surface area contributed by atoms with E-state index >= 15 is 0 Å². The van der Waals surface area contributed by atoms with E-state index in [9.17, 15) is 4.79 Å². The highest BCUT2D eigenvalue weighted by Gasteiger charge is 2.30. The number of carboxylic acids is 1. The van der Waals surface area contributed by atoms with Gasteiger partial charge in [0.1, 0.15) is 0 Å². The Morgan fingerprint density at radius 1 is 1.30 bits per heavy atom. The largest absolute Gasteiger partial charge is 0.481 e. The van der Waals surface area contributed by atoms with Crippen LogP contribution in [0.4, 0.5) is 0 Å². The van der Waals surface area contributed by atoms with Crippen LogP contribution < -0.4 is 0 Å². The quantitative estimate of drug-likeness (QED) is 0.847. The Bertz CT molecular complexity index is 519. The number of carboxylic acid groups (broad SMARTS) is 1. The number of hydrogen-bond donors (Lipinski definition) is 1. The van der Waals surface area contributed by atoms with E-state index in [1.165, 1.54) is 5.56 Å². The molecule has 0 aromatic heterocycles. The van der Waals surface area contributed by atoms with Crippen LogP contribution in [0.5, 0.6) is 0 Å². The number of benzene rings is 1. The molecule has 1 N–H and O–H groups in total. The van der Waals surface area contributed by atoms with Crippen LogP contribution in [-0.4, -0.2) is 11.1 Å². The van der Waals surface area contributed by atoms with Crippen LogP contribution in [0.25, 0.3) is 0 Å². The molecule has 3 nitrogen and oxygen atoms in total. The van der Waals surface area contributed by atoms with Crippen LogP contribution in [0.15, 0.2) is 36.9 Å². The van der Waals surface area contributed by atoms with Crippen LogP contribution in [0, 0.1) is 23.2 Å². The molecule has 1 atom stereocenters. The van der Waals surface area contributed by atoms with Crippen molar-refractivity contribution in [1.82, 2.24) is 0 Å². The number of nitriles is 1. The normalized spacial score (nSPS) is 23.6. The van der Waals surface area contributed by atoms with Gasteiger partial charge < -0.3 is 5.11 Å². The fraction of sp³-hybridized carbons (Fsp3) is 0.412. The van der Waals surface area contributed by atoms with Crippen molar-refractivity contribution in [3.05, 3.63) is 48.0 Å². The molecule has 0 spiro atoms. The number of aliphatic carboxylic acids is 1. The minimum absolute atomic E-state index is 0.208. The Balaban J connectivity index is 1.98. The molecule has 1 unspecified atom stereocenters. The molecular weight excluding hydrogens is 250 g/mol. The van der Waals surface area contributed by atoms with E-state index in [2.05, 4.69) is 12.6 Å². The lowest BCUT2D eigenvalue weighted by atomic mass is 9.74. The third-order valence-electron chi connectivity index (χ3n) is 4.33. The molecule has 1 fully saturated rings. The molecule has 1 aromatic rings. The third-order valence-corrected chi connectivity index (χ3v) is 4.33. The van der Waals surface area contributed by atoms with Crippen molar-refractivity contribution in [3.63, 3.8) is 0 Å². The molecule has 1 aliphatic carbocycles. The number of hydrogen-bond acceptors (Lipinski definition) is 2. The first-order chi connectivity index (χ1) is 9.65. The van der Waals surface area contributed by atoms with Crippen LogP contribution >= 0.6 is 0 Å². The summed E-state index contributed by atoms with van der Waals surface area (Å²) >= 11 is 0. The predicted octanol–water partition coefficient (Wildman–Crippen LogP) is 3.72. The number of carbonyl (C=O) groups is 1. The average molecular weight is 269 g/mol. The topological polar surface area (TPSA) is 61.1 Å². The first kappa shape index (κ1) is 14.3. The first-order valence-corrected chi connectivity index (χ1v) is 7.01. The van der Waals surface area contributed by atoms with E-state index in [1.807, 2.05) is 24.3 Å². The van der Waals surface area contributed by atoms with E-state index in [1.54, 1.807) is 6.08 Å². The zero-order chi connectivity index (χ0) is 14.5. The van der Waals surface area contributed by atoms with Gasteiger partial charge in [-0.05, 0) is 55.2 Å². The summed E-state index contributed by atoms with van der Waals surface area (Å²) in [6.07, 6.45) is 5.43. The zero-order valence-electron chi connectivity index (χ0n) is 11.5. The van der Waals surface area contributed by atoms with Gasteiger partial charge in [0.25, 0.3) is 0 Å². The molecule has 0 aliphatic heterocycles. The van der Waals surface area contributed by atoms with Gasteiger partial charge in [-0.1, -0.05) is 18.2 Å². The van der Waals surface area contributed by atoms with E-state index in [4.69, 9.17) is 10.4 Å². The van der Waals surface area contributed by atoms with Crippen molar-refractivity contribution in [1.29, 1.82) is 5.26 Å². The van der Waals surface area contributed by atoms with Gasteiger partial charge in [0.05, 0.1) is 17.6 Å². The van der Waals surface area contributed by atoms with Crippen molar-refractivity contribution < 1.29 is 9.90 Å².